The average molecular weight is 471 g/mol. The summed E-state index contributed by atoms with van der Waals surface area (Å²) < 4.78 is 13.5. The quantitative estimate of drug-likeness (QED) is 0.250. The highest BCUT2D eigenvalue weighted by molar-refractivity contribution is 6.31. The molecule has 0 fully saturated rings. The van der Waals surface area contributed by atoms with Crippen LogP contribution in [-0.4, -0.2) is 22.1 Å². The van der Waals surface area contributed by atoms with E-state index < -0.39 is 0 Å². The molecule has 5 rings (SSSR count). The molecule has 0 aliphatic rings. The molecule has 170 valence electrons. The summed E-state index contributed by atoms with van der Waals surface area (Å²) in [7, 11) is 0. The number of benzene rings is 3. The standard InChI is InChI=1S/C28H23ClN2O3/c1-2-33-28(32)23-7-4-3-6-20(23)17-31-15-14-24-26(31)8-5-9-27(24)34-18-22-13-11-19-10-12-21(29)16-25(19)30-22/h3-16H,2,17-18H2,1H3. The summed E-state index contributed by atoms with van der Waals surface area (Å²) >= 11 is 6.11. The van der Waals surface area contributed by atoms with Crippen molar-refractivity contribution in [2.75, 3.05) is 6.61 Å². The molecule has 0 N–H and O–H groups in total. The molecule has 5 nitrogen and oxygen atoms in total. The molecule has 3 aromatic carbocycles. The van der Waals surface area contributed by atoms with E-state index in [4.69, 9.17) is 21.1 Å². The zero-order valence-electron chi connectivity index (χ0n) is 18.7. The minimum atomic E-state index is -0.303. The zero-order valence-corrected chi connectivity index (χ0v) is 19.5. The lowest BCUT2D eigenvalue weighted by atomic mass is 10.1. The van der Waals surface area contributed by atoms with Gasteiger partial charge in [-0.25, -0.2) is 9.78 Å². The Kier molecular flexibility index (Phi) is 6.19. The van der Waals surface area contributed by atoms with Gasteiger partial charge in [0.1, 0.15) is 12.4 Å². The van der Waals surface area contributed by atoms with Gasteiger partial charge in [0.25, 0.3) is 0 Å². The molecule has 0 spiro atoms. The van der Waals surface area contributed by atoms with Gasteiger partial charge in [-0.1, -0.05) is 48.0 Å². The van der Waals surface area contributed by atoms with Crippen LogP contribution in [0.3, 0.4) is 0 Å². The molecule has 0 bridgehead atoms. The maximum absolute atomic E-state index is 12.4. The number of hydrogen-bond acceptors (Lipinski definition) is 4. The van der Waals surface area contributed by atoms with Crippen molar-refractivity contribution in [1.29, 1.82) is 0 Å². The van der Waals surface area contributed by atoms with Crippen molar-refractivity contribution in [3.05, 3.63) is 107 Å². The van der Waals surface area contributed by atoms with Gasteiger partial charge in [0.2, 0.25) is 0 Å². The first-order valence-electron chi connectivity index (χ1n) is 11.1. The summed E-state index contributed by atoms with van der Waals surface area (Å²) in [4.78, 5) is 17.0. The number of hydrogen-bond donors (Lipinski definition) is 0. The third kappa shape index (κ3) is 4.47. The van der Waals surface area contributed by atoms with Gasteiger partial charge >= 0.3 is 5.97 Å². The van der Waals surface area contributed by atoms with E-state index in [1.165, 1.54) is 0 Å². The Morgan fingerprint density at radius 3 is 2.74 bits per heavy atom. The maximum Gasteiger partial charge on any atom is 0.338 e. The number of carbonyl (C=O) groups excluding carboxylic acids is 1. The number of esters is 1. The average Bonchev–Trinajstić information content (AvgIpc) is 3.26. The second-order valence-corrected chi connectivity index (χ2v) is 8.37. The Labute approximate surface area is 202 Å². The molecule has 0 aliphatic heterocycles. The first kappa shape index (κ1) is 22.0. The molecule has 0 aliphatic carbocycles. The highest BCUT2D eigenvalue weighted by atomic mass is 35.5. The van der Waals surface area contributed by atoms with E-state index in [9.17, 15) is 4.79 Å². The first-order valence-corrected chi connectivity index (χ1v) is 11.5. The van der Waals surface area contributed by atoms with Gasteiger partial charge in [-0.3, -0.25) is 0 Å². The molecule has 2 heterocycles. The second-order valence-electron chi connectivity index (χ2n) is 7.94. The Hall–Kier alpha value is -3.83. The van der Waals surface area contributed by atoms with E-state index in [-0.39, 0.29) is 5.97 Å². The number of rotatable bonds is 7. The summed E-state index contributed by atoms with van der Waals surface area (Å²) in [6.45, 7) is 3.05. The van der Waals surface area contributed by atoms with Crippen LogP contribution in [-0.2, 0) is 17.9 Å². The summed E-state index contributed by atoms with van der Waals surface area (Å²) in [6, 6.07) is 25.2. The van der Waals surface area contributed by atoms with Crippen LogP contribution in [0.25, 0.3) is 21.8 Å². The highest BCUT2D eigenvalue weighted by Gasteiger charge is 2.14. The molecule has 0 radical (unpaired) electrons. The summed E-state index contributed by atoms with van der Waals surface area (Å²) in [5.74, 6) is 0.477. The topological polar surface area (TPSA) is 53.4 Å². The van der Waals surface area contributed by atoms with Crippen LogP contribution in [0.15, 0.2) is 85.1 Å². The number of nitrogens with zero attached hydrogens (tertiary/aromatic N) is 2. The van der Waals surface area contributed by atoms with Gasteiger partial charge in [-0.2, -0.15) is 0 Å². The smallest absolute Gasteiger partial charge is 0.338 e. The molecular formula is C28H23ClN2O3. The van der Waals surface area contributed by atoms with Crippen LogP contribution in [0.4, 0.5) is 0 Å². The van der Waals surface area contributed by atoms with Crippen LogP contribution in [0.5, 0.6) is 5.75 Å². The third-order valence-corrected chi connectivity index (χ3v) is 5.95. The first-order chi connectivity index (χ1) is 16.6. The van der Waals surface area contributed by atoms with Gasteiger partial charge in [-0.05, 0) is 55.0 Å². The summed E-state index contributed by atoms with van der Waals surface area (Å²) in [5.41, 5.74) is 4.19. The Morgan fingerprint density at radius 1 is 1.00 bits per heavy atom. The Bertz CT molecular complexity index is 1490. The van der Waals surface area contributed by atoms with Crippen LogP contribution in [0.2, 0.25) is 5.02 Å². The number of ether oxygens (including phenoxy) is 2. The molecule has 6 heteroatoms. The SMILES string of the molecule is CCOC(=O)c1ccccc1Cn1ccc2c(OCc3ccc4ccc(Cl)cc4n3)cccc21. The van der Waals surface area contributed by atoms with E-state index in [0.29, 0.717) is 30.3 Å². The minimum absolute atomic E-state index is 0.303. The van der Waals surface area contributed by atoms with E-state index in [1.807, 2.05) is 85.9 Å². The zero-order chi connectivity index (χ0) is 23.5. The van der Waals surface area contributed by atoms with E-state index in [0.717, 1.165) is 38.8 Å². The molecule has 0 saturated heterocycles. The lowest BCUT2D eigenvalue weighted by Gasteiger charge is -2.12. The van der Waals surface area contributed by atoms with Crippen molar-refractivity contribution in [3.63, 3.8) is 0 Å². The second kappa shape index (κ2) is 9.57. The van der Waals surface area contributed by atoms with Crippen molar-refractivity contribution >= 4 is 39.4 Å². The maximum atomic E-state index is 12.4. The van der Waals surface area contributed by atoms with Crippen LogP contribution >= 0.6 is 11.6 Å². The fraction of sp³-hybridized carbons (Fsp3) is 0.143. The molecule has 0 atom stereocenters. The number of halogens is 1. The largest absolute Gasteiger partial charge is 0.487 e. The number of pyridine rings is 1. The predicted molar refractivity (Wildman–Crippen MR) is 135 cm³/mol. The predicted octanol–water partition coefficient (Wildman–Crippen LogP) is 6.65. The third-order valence-electron chi connectivity index (χ3n) is 5.71. The van der Waals surface area contributed by atoms with E-state index in [1.54, 1.807) is 6.07 Å². The van der Waals surface area contributed by atoms with Crippen molar-refractivity contribution in [2.24, 2.45) is 0 Å². The van der Waals surface area contributed by atoms with Crippen LogP contribution in [0, 0.1) is 0 Å². The molecule has 34 heavy (non-hydrogen) atoms. The lowest BCUT2D eigenvalue weighted by Crippen LogP contribution is -2.10. The summed E-state index contributed by atoms with van der Waals surface area (Å²) in [6.07, 6.45) is 2.01. The van der Waals surface area contributed by atoms with Crippen LogP contribution < -0.4 is 4.74 Å². The normalized spacial score (nSPS) is 11.1. The van der Waals surface area contributed by atoms with Crippen molar-refractivity contribution < 1.29 is 14.3 Å². The highest BCUT2D eigenvalue weighted by Crippen LogP contribution is 2.28. The fourth-order valence-corrected chi connectivity index (χ4v) is 4.24. The molecule has 0 saturated carbocycles. The Morgan fingerprint density at radius 2 is 1.85 bits per heavy atom. The van der Waals surface area contributed by atoms with E-state index >= 15 is 0 Å². The molecule has 0 unspecified atom stereocenters. The van der Waals surface area contributed by atoms with Gasteiger partial charge in [-0.15, -0.1) is 0 Å². The van der Waals surface area contributed by atoms with Crippen molar-refractivity contribution in [1.82, 2.24) is 9.55 Å². The fourth-order valence-electron chi connectivity index (χ4n) is 4.07. The number of aromatic nitrogens is 2. The number of fused-ring (bicyclic) bond motifs is 2. The number of carbonyl (C=O) groups is 1. The van der Waals surface area contributed by atoms with Gasteiger partial charge in [0.05, 0.1) is 28.9 Å². The van der Waals surface area contributed by atoms with Crippen LogP contribution in [0.1, 0.15) is 28.5 Å². The molecule has 2 aromatic heterocycles. The van der Waals surface area contributed by atoms with Crippen molar-refractivity contribution in [2.45, 2.75) is 20.1 Å². The summed E-state index contributed by atoms with van der Waals surface area (Å²) in [5, 5.41) is 2.70. The lowest BCUT2D eigenvalue weighted by molar-refractivity contribution is 0.0525. The van der Waals surface area contributed by atoms with Crippen molar-refractivity contribution in [3.8, 4) is 5.75 Å². The molecular weight excluding hydrogens is 448 g/mol. The Balaban J connectivity index is 1.39. The van der Waals surface area contributed by atoms with Gasteiger partial charge in [0, 0.05) is 28.5 Å². The van der Waals surface area contributed by atoms with E-state index in [2.05, 4.69) is 9.55 Å². The minimum Gasteiger partial charge on any atom is -0.487 e. The molecule has 0 amide bonds. The van der Waals surface area contributed by atoms with Gasteiger partial charge < -0.3 is 14.0 Å². The molecule has 5 aromatic rings. The van der Waals surface area contributed by atoms with Gasteiger partial charge in [0.15, 0.2) is 0 Å². The monoisotopic (exact) mass is 470 g/mol.